The van der Waals surface area contributed by atoms with Gasteiger partial charge < -0.3 is 10.6 Å². The van der Waals surface area contributed by atoms with Crippen LogP contribution in [0.15, 0.2) is 71.6 Å². The maximum Gasteiger partial charge on any atom is 0.261 e. The highest BCUT2D eigenvalue weighted by Gasteiger charge is 2.20. The molecule has 3 N–H and O–H groups in total. The molecule has 0 aromatic heterocycles. The molecule has 0 saturated heterocycles. The SMILES string of the molecule is CNC(=O)c1ccccc1NC(=O)c1cc(S(=O)(=O)Nc2ccc(F)cc2)ccc1C. The van der Waals surface area contributed by atoms with Crippen molar-refractivity contribution in [1.82, 2.24) is 5.32 Å². The van der Waals surface area contributed by atoms with Crippen LogP contribution in [-0.2, 0) is 10.0 Å². The summed E-state index contributed by atoms with van der Waals surface area (Å²) in [6, 6.07) is 15.5. The molecule has 0 radical (unpaired) electrons. The lowest BCUT2D eigenvalue weighted by molar-refractivity contribution is 0.0964. The van der Waals surface area contributed by atoms with Crippen LogP contribution in [0.25, 0.3) is 0 Å². The topological polar surface area (TPSA) is 104 Å². The van der Waals surface area contributed by atoms with Crippen LogP contribution in [0.1, 0.15) is 26.3 Å². The molecule has 31 heavy (non-hydrogen) atoms. The van der Waals surface area contributed by atoms with Gasteiger partial charge in [-0.15, -0.1) is 0 Å². The first-order valence-corrected chi connectivity index (χ1v) is 10.7. The van der Waals surface area contributed by atoms with Gasteiger partial charge in [0.2, 0.25) is 0 Å². The summed E-state index contributed by atoms with van der Waals surface area (Å²) in [6.45, 7) is 1.67. The lowest BCUT2D eigenvalue weighted by atomic mass is 10.1. The monoisotopic (exact) mass is 441 g/mol. The minimum atomic E-state index is -4.01. The van der Waals surface area contributed by atoms with E-state index in [9.17, 15) is 22.4 Å². The Labute approximate surface area is 179 Å². The Bertz CT molecular complexity index is 1240. The molecule has 0 atom stereocenters. The molecule has 0 fully saturated rings. The highest BCUT2D eigenvalue weighted by Crippen LogP contribution is 2.22. The summed E-state index contributed by atoms with van der Waals surface area (Å²) in [6.07, 6.45) is 0. The second kappa shape index (κ2) is 8.97. The van der Waals surface area contributed by atoms with Crippen LogP contribution < -0.4 is 15.4 Å². The van der Waals surface area contributed by atoms with E-state index in [1.165, 1.54) is 37.4 Å². The van der Waals surface area contributed by atoms with E-state index < -0.39 is 21.7 Å². The van der Waals surface area contributed by atoms with Crippen LogP contribution in [0, 0.1) is 12.7 Å². The maximum atomic E-state index is 13.1. The Morgan fingerprint density at radius 2 is 1.55 bits per heavy atom. The zero-order chi connectivity index (χ0) is 22.6. The van der Waals surface area contributed by atoms with Gasteiger partial charge in [-0.1, -0.05) is 18.2 Å². The van der Waals surface area contributed by atoms with E-state index in [1.807, 2.05) is 0 Å². The normalized spacial score (nSPS) is 10.9. The third kappa shape index (κ3) is 5.07. The van der Waals surface area contributed by atoms with Crippen molar-refractivity contribution in [2.24, 2.45) is 0 Å². The second-order valence-corrected chi connectivity index (χ2v) is 8.35. The number of carbonyl (C=O) groups is 2. The maximum absolute atomic E-state index is 13.1. The first kappa shape index (κ1) is 22.0. The molecule has 0 aliphatic heterocycles. The number of benzene rings is 3. The van der Waals surface area contributed by atoms with Gasteiger partial charge >= 0.3 is 0 Å². The van der Waals surface area contributed by atoms with E-state index in [4.69, 9.17) is 0 Å². The molecule has 3 rings (SSSR count). The van der Waals surface area contributed by atoms with Crippen LogP contribution in [0.4, 0.5) is 15.8 Å². The zero-order valence-electron chi connectivity index (χ0n) is 16.8. The van der Waals surface area contributed by atoms with E-state index in [0.717, 1.165) is 12.1 Å². The number of hydrogen-bond acceptors (Lipinski definition) is 4. The van der Waals surface area contributed by atoms with E-state index in [1.54, 1.807) is 31.2 Å². The van der Waals surface area contributed by atoms with Crippen molar-refractivity contribution in [1.29, 1.82) is 0 Å². The Morgan fingerprint density at radius 1 is 0.871 bits per heavy atom. The Balaban J connectivity index is 1.90. The molecule has 0 aliphatic carbocycles. The smallest absolute Gasteiger partial charge is 0.261 e. The van der Waals surface area contributed by atoms with Gasteiger partial charge in [0.15, 0.2) is 0 Å². The summed E-state index contributed by atoms with van der Waals surface area (Å²) in [5.74, 6) is -1.42. The highest BCUT2D eigenvalue weighted by atomic mass is 32.2. The molecule has 0 spiro atoms. The molecule has 0 bridgehead atoms. The molecule has 0 unspecified atom stereocenters. The number of anilines is 2. The molecule has 3 aromatic rings. The molecular formula is C22H20FN3O4S. The van der Waals surface area contributed by atoms with E-state index in [0.29, 0.717) is 11.3 Å². The van der Waals surface area contributed by atoms with E-state index in [-0.39, 0.29) is 27.6 Å². The molecule has 3 aromatic carbocycles. The average molecular weight is 441 g/mol. The van der Waals surface area contributed by atoms with E-state index in [2.05, 4.69) is 15.4 Å². The fourth-order valence-electron chi connectivity index (χ4n) is 2.86. The van der Waals surface area contributed by atoms with Gasteiger partial charge in [-0.2, -0.15) is 0 Å². The van der Waals surface area contributed by atoms with Gasteiger partial charge in [-0.3, -0.25) is 14.3 Å². The number of halogens is 1. The van der Waals surface area contributed by atoms with Gasteiger partial charge in [0.25, 0.3) is 21.8 Å². The van der Waals surface area contributed by atoms with Crippen molar-refractivity contribution in [3.8, 4) is 0 Å². The fraction of sp³-hybridized carbons (Fsp3) is 0.0909. The summed E-state index contributed by atoms with van der Waals surface area (Å²) >= 11 is 0. The Kier molecular flexibility index (Phi) is 6.36. The molecule has 9 heteroatoms. The van der Waals surface area contributed by atoms with Crippen LogP contribution in [0.5, 0.6) is 0 Å². The predicted octanol–water partition coefficient (Wildman–Crippen LogP) is 3.55. The molecule has 2 amide bonds. The van der Waals surface area contributed by atoms with Crippen molar-refractivity contribution >= 4 is 33.2 Å². The minimum Gasteiger partial charge on any atom is -0.355 e. The summed E-state index contributed by atoms with van der Waals surface area (Å²) in [7, 11) is -2.53. The molecular weight excluding hydrogens is 421 g/mol. The van der Waals surface area contributed by atoms with Gasteiger partial charge in [0, 0.05) is 18.3 Å². The van der Waals surface area contributed by atoms with Gasteiger partial charge in [-0.25, -0.2) is 12.8 Å². The number of amides is 2. The fourth-order valence-corrected chi connectivity index (χ4v) is 3.94. The summed E-state index contributed by atoms with van der Waals surface area (Å²) < 4.78 is 40.9. The summed E-state index contributed by atoms with van der Waals surface area (Å²) in [5, 5.41) is 5.16. The zero-order valence-corrected chi connectivity index (χ0v) is 17.6. The quantitative estimate of drug-likeness (QED) is 0.544. The molecule has 0 heterocycles. The molecule has 7 nitrogen and oxygen atoms in total. The largest absolute Gasteiger partial charge is 0.355 e. The van der Waals surface area contributed by atoms with Crippen molar-refractivity contribution in [2.45, 2.75) is 11.8 Å². The second-order valence-electron chi connectivity index (χ2n) is 6.67. The number of nitrogens with one attached hydrogen (secondary N) is 3. The number of carbonyl (C=O) groups excluding carboxylic acids is 2. The van der Waals surface area contributed by atoms with Crippen LogP contribution in [0.3, 0.4) is 0 Å². The summed E-state index contributed by atoms with van der Waals surface area (Å²) in [4.78, 5) is 24.8. The Morgan fingerprint density at radius 3 is 2.23 bits per heavy atom. The Hall–Kier alpha value is -3.72. The van der Waals surface area contributed by atoms with Crippen molar-refractivity contribution < 1.29 is 22.4 Å². The van der Waals surface area contributed by atoms with Gasteiger partial charge in [0.1, 0.15) is 5.82 Å². The average Bonchev–Trinajstić information content (AvgIpc) is 2.75. The standard InChI is InChI=1S/C22H20FN3O4S/c1-14-7-12-17(31(29,30)26-16-10-8-15(23)9-11-16)13-19(14)22(28)25-20-6-4-3-5-18(20)21(27)24-2/h3-13,26H,1-2H3,(H,24,27)(H,25,28). The van der Waals surface area contributed by atoms with E-state index >= 15 is 0 Å². The number of aryl methyl sites for hydroxylation is 1. The van der Waals surface area contributed by atoms with Crippen molar-refractivity contribution in [3.63, 3.8) is 0 Å². The van der Waals surface area contributed by atoms with Gasteiger partial charge in [-0.05, 0) is 61.0 Å². The van der Waals surface area contributed by atoms with Gasteiger partial charge in [0.05, 0.1) is 16.1 Å². The van der Waals surface area contributed by atoms with Crippen LogP contribution in [0.2, 0.25) is 0 Å². The number of rotatable bonds is 6. The number of para-hydroxylation sites is 1. The first-order valence-electron chi connectivity index (χ1n) is 9.23. The number of hydrogen-bond donors (Lipinski definition) is 3. The molecule has 0 aliphatic rings. The first-order chi connectivity index (χ1) is 14.7. The van der Waals surface area contributed by atoms with Crippen molar-refractivity contribution in [3.05, 3.63) is 89.2 Å². The molecule has 160 valence electrons. The van der Waals surface area contributed by atoms with Crippen LogP contribution >= 0.6 is 0 Å². The van der Waals surface area contributed by atoms with Crippen molar-refractivity contribution in [2.75, 3.05) is 17.1 Å². The lowest BCUT2D eigenvalue weighted by Crippen LogP contribution is -2.22. The lowest BCUT2D eigenvalue weighted by Gasteiger charge is -2.13. The number of sulfonamides is 1. The highest BCUT2D eigenvalue weighted by molar-refractivity contribution is 7.92. The third-order valence-corrected chi connectivity index (χ3v) is 5.89. The summed E-state index contributed by atoms with van der Waals surface area (Å²) in [5.41, 5.74) is 1.44. The minimum absolute atomic E-state index is 0.132. The van der Waals surface area contributed by atoms with Crippen LogP contribution in [-0.4, -0.2) is 27.3 Å². The predicted molar refractivity (Wildman–Crippen MR) is 116 cm³/mol. The molecule has 0 saturated carbocycles. The third-order valence-electron chi connectivity index (χ3n) is 4.51.